The van der Waals surface area contributed by atoms with Crippen molar-refractivity contribution < 1.29 is 31.3 Å². The van der Waals surface area contributed by atoms with E-state index in [0.717, 1.165) is 5.82 Å². The highest BCUT2D eigenvalue weighted by Crippen LogP contribution is 2.11. The Labute approximate surface area is 141 Å². The molecule has 2 aromatic rings. The topological polar surface area (TPSA) is 64.2 Å². The van der Waals surface area contributed by atoms with Crippen molar-refractivity contribution in [1.29, 1.82) is 0 Å². The van der Waals surface area contributed by atoms with Gasteiger partial charge in [-0.05, 0) is 31.2 Å². The average molecular weight is 338 g/mol. The molecule has 0 atom stereocenters. The second-order valence-corrected chi connectivity index (χ2v) is 4.93. The number of ether oxygens (including phenoxy) is 1. The molecular formula is C16H20ClN3O3. The van der Waals surface area contributed by atoms with Crippen molar-refractivity contribution in [2.45, 2.75) is 20.4 Å². The third-order valence-corrected chi connectivity index (χ3v) is 3.39. The van der Waals surface area contributed by atoms with Gasteiger partial charge in [-0.2, -0.15) is 0 Å². The molecular weight excluding hydrogens is 318 g/mol. The lowest BCUT2D eigenvalue weighted by molar-refractivity contribution is -0.677. The van der Waals surface area contributed by atoms with Crippen molar-refractivity contribution in [3.05, 3.63) is 48.0 Å². The van der Waals surface area contributed by atoms with Crippen molar-refractivity contribution in [1.82, 2.24) is 4.57 Å². The average Bonchev–Trinajstić information content (AvgIpc) is 2.80. The number of nitrogens with one attached hydrogen (secondary N) is 1. The molecule has 6 nitrogen and oxygen atoms in total. The Bertz CT molecular complexity index is 680. The van der Waals surface area contributed by atoms with E-state index in [1.54, 1.807) is 31.2 Å². The summed E-state index contributed by atoms with van der Waals surface area (Å²) in [5.41, 5.74) is 1.11. The van der Waals surface area contributed by atoms with Crippen molar-refractivity contribution in [3.63, 3.8) is 0 Å². The molecule has 124 valence electrons. The van der Waals surface area contributed by atoms with E-state index in [9.17, 15) is 9.59 Å². The van der Waals surface area contributed by atoms with Crippen LogP contribution in [0.5, 0.6) is 0 Å². The van der Waals surface area contributed by atoms with E-state index in [-0.39, 0.29) is 30.8 Å². The smallest absolute Gasteiger partial charge is 0.338 e. The molecule has 0 fully saturated rings. The molecule has 0 aliphatic rings. The first-order valence-electron chi connectivity index (χ1n) is 7.09. The third-order valence-electron chi connectivity index (χ3n) is 3.39. The minimum absolute atomic E-state index is 0. The van der Waals surface area contributed by atoms with Gasteiger partial charge in [-0.15, -0.1) is 0 Å². The van der Waals surface area contributed by atoms with Crippen LogP contribution in [0.15, 0.2) is 36.7 Å². The number of aromatic nitrogens is 2. The fourth-order valence-electron chi connectivity index (χ4n) is 2.03. The molecule has 1 heterocycles. The highest BCUT2D eigenvalue weighted by atomic mass is 35.5. The van der Waals surface area contributed by atoms with Crippen molar-refractivity contribution in [2.24, 2.45) is 7.05 Å². The minimum Gasteiger partial charge on any atom is -1.00 e. The number of rotatable bonds is 5. The lowest BCUT2D eigenvalue weighted by atomic mass is 10.2. The number of hydrogen-bond donors (Lipinski definition) is 1. The Morgan fingerprint density at radius 3 is 2.43 bits per heavy atom. The molecule has 7 heteroatoms. The Morgan fingerprint density at radius 1 is 1.26 bits per heavy atom. The highest BCUT2D eigenvalue weighted by molar-refractivity contribution is 5.93. The van der Waals surface area contributed by atoms with Crippen LogP contribution in [0.25, 0.3) is 0 Å². The standard InChI is InChI=1S/C16H19N3O3.ClH/c1-4-22-16(21)13-5-7-14(8-6-13)17-15(20)11-19-10-9-18(3)12(19)2;/h5-10H,4,11H2,1-3H3;1H. The van der Waals surface area contributed by atoms with E-state index in [1.807, 2.05) is 35.5 Å². The van der Waals surface area contributed by atoms with Gasteiger partial charge in [0.2, 0.25) is 0 Å². The van der Waals surface area contributed by atoms with Crippen LogP contribution in [0.4, 0.5) is 5.69 Å². The van der Waals surface area contributed by atoms with Crippen LogP contribution in [0.2, 0.25) is 0 Å². The zero-order valence-electron chi connectivity index (χ0n) is 13.4. The molecule has 0 saturated heterocycles. The maximum atomic E-state index is 12.0. The zero-order chi connectivity index (χ0) is 16.1. The van der Waals surface area contributed by atoms with E-state index >= 15 is 0 Å². The van der Waals surface area contributed by atoms with Gasteiger partial charge in [0, 0.05) is 12.6 Å². The van der Waals surface area contributed by atoms with Crippen molar-refractivity contribution in [3.8, 4) is 0 Å². The fourth-order valence-corrected chi connectivity index (χ4v) is 2.03. The lowest BCUT2D eigenvalue weighted by Gasteiger charge is -2.06. The molecule has 0 saturated carbocycles. The number of carbonyl (C=O) groups excluding carboxylic acids is 2. The number of amides is 1. The molecule has 0 bridgehead atoms. The normalized spacial score (nSPS) is 9.87. The van der Waals surface area contributed by atoms with E-state index in [1.165, 1.54) is 0 Å². The molecule has 0 aliphatic carbocycles. The van der Waals surface area contributed by atoms with Crippen LogP contribution < -0.4 is 22.3 Å². The second kappa shape index (κ2) is 8.33. The van der Waals surface area contributed by atoms with Crippen molar-refractivity contribution in [2.75, 3.05) is 11.9 Å². The molecule has 23 heavy (non-hydrogen) atoms. The van der Waals surface area contributed by atoms with Gasteiger partial charge < -0.3 is 22.5 Å². The van der Waals surface area contributed by atoms with Crippen LogP contribution in [-0.4, -0.2) is 23.1 Å². The summed E-state index contributed by atoms with van der Waals surface area (Å²) >= 11 is 0. The molecule has 0 aliphatic heterocycles. The van der Waals surface area contributed by atoms with Gasteiger partial charge in [-0.1, -0.05) is 0 Å². The number of aryl methyl sites for hydroxylation is 1. The van der Waals surface area contributed by atoms with Gasteiger partial charge in [0.25, 0.3) is 11.7 Å². The molecule has 2 rings (SSSR count). The van der Waals surface area contributed by atoms with E-state index in [0.29, 0.717) is 17.9 Å². The molecule has 1 N–H and O–H groups in total. The molecule has 1 amide bonds. The van der Waals surface area contributed by atoms with Crippen LogP contribution >= 0.6 is 0 Å². The van der Waals surface area contributed by atoms with Gasteiger partial charge in [-0.25, -0.2) is 13.9 Å². The predicted molar refractivity (Wildman–Crippen MR) is 81.4 cm³/mol. The summed E-state index contributed by atoms with van der Waals surface area (Å²) in [5.74, 6) is 0.506. The number of hydrogen-bond acceptors (Lipinski definition) is 3. The van der Waals surface area contributed by atoms with Crippen LogP contribution in [-0.2, 0) is 23.1 Å². The SMILES string of the molecule is CCOC(=O)c1ccc(NC(=O)Cn2cc[n+](C)c2C)cc1.[Cl-]. The zero-order valence-corrected chi connectivity index (χ0v) is 14.1. The molecule has 1 aromatic heterocycles. The first kappa shape index (κ1) is 18.7. The van der Waals surface area contributed by atoms with E-state index in [2.05, 4.69) is 5.32 Å². The van der Waals surface area contributed by atoms with Crippen LogP contribution in [0.1, 0.15) is 23.1 Å². The maximum Gasteiger partial charge on any atom is 0.338 e. The number of benzene rings is 1. The van der Waals surface area contributed by atoms with E-state index in [4.69, 9.17) is 4.74 Å². The molecule has 0 unspecified atom stereocenters. The Hall–Kier alpha value is -2.34. The first-order valence-corrected chi connectivity index (χ1v) is 7.09. The Kier molecular flexibility index (Phi) is 6.78. The van der Waals surface area contributed by atoms with Crippen LogP contribution in [0, 0.1) is 6.92 Å². The molecule has 0 spiro atoms. The Morgan fingerprint density at radius 2 is 1.91 bits per heavy atom. The highest BCUT2D eigenvalue weighted by Gasteiger charge is 2.13. The van der Waals surface area contributed by atoms with Gasteiger partial charge in [0.15, 0.2) is 6.54 Å². The number of esters is 1. The summed E-state index contributed by atoms with van der Waals surface area (Å²) in [4.78, 5) is 23.6. The van der Waals surface area contributed by atoms with Gasteiger partial charge in [-0.3, -0.25) is 4.79 Å². The number of anilines is 1. The van der Waals surface area contributed by atoms with Gasteiger partial charge in [0.05, 0.1) is 19.2 Å². The summed E-state index contributed by atoms with van der Waals surface area (Å²) in [6, 6.07) is 6.64. The minimum atomic E-state index is -0.365. The number of imidazole rings is 1. The predicted octanol–water partition coefficient (Wildman–Crippen LogP) is -1.56. The van der Waals surface area contributed by atoms with Gasteiger partial charge in [0.1, 0.15) is 12.4 Å². The maximum absolute atomic E-state index is 12.0. The number of nitrogens with zero attached hydrogens (tertiary/aromatic N) is 2. The summed E-state index contributed by atoms with van der Waals surface area (Å²) < 4.78 is 8.72. The number of halogens is 1. The summed E-state index contributed by atoms with van der Waals surface area (Å²) in [6.07, 6.45) is 3.76. The summed E-state index contributed by atoms with van der Waals surface area (Å²) in [6.45, 7) is 4.29. The fraction of sp³-hybridized carbons (Fsp3) is 0.312. The second-order valence-electron chi connectivity index (χ2n) is 4.93. The summed E-state index contributed by atoms with van der Waals surface area (Å²) in [7, 11) is 1.93. The van der Waals surface area contributed by atoms with Crippen molar-refractivity contribution >= 4 is 17.6 Å². The van der Waals surface area contributed by atoms with E-state index < -0.39 is 0 Å². The summed E-state index contributed by atoms with van der Waals surface area (Å²) in [5, 5.41) is 2.80. The largest absolute Gasteiger partial charge is 1.00 e. The Balaban J connectivity index is 0.00000264. The third kappa shape index (κ3) is 4.82. The molecule has 0 radical (unpaired) electrons. The monoisotopic (exact) mass is 337 g/mol. The number of carbonyl (C=O) groups is 2. The van der Waals surface area contributed by atoms with Crippen LogP contribution in [0.3, 0.4) is 0 Å². The quantitative estimate of drug-likeness (QED) is 0.530. The van der Waals surface area contributed by atoms with Gasteiger partial charge >= 0.3 is 5.97 Å². The first-order chi connectivity index (χ1) is 10.5. The molecule has 1 aromatic carbocycles. The lowest BCUT2D eigenvalue weighted by Crippen LogP contribution is -3.00.